The van der Waals surface area contributed by atoms with Gasteiger partial charge in [-0.3, -0.25) is 0 Å². The first-order valence-electron chi connectivity index (χ1n) is 2.69. The maximum atomic E-state index is 11.6. The van der Waals surface area contributed by atoms with Crippen LogP contribution in [0.2, 0.25) is 0 Å². The van der Waals surface area contributed by atoms with Gasteiger partial charge >= 0.3 is 6.18 Å². The summed E-state index contributed by atoms with van der Waals surface area (Å²) >= 11 is 0. The molecule has 0 amide bonds. The van der Waals surface area contributed by atoms with Gasteiger partial charge < -0.3 is 0 Å². The van der Waals surface area contributed by atoms with Crippen molar-refractivity contribution in [1.82, 2.24) is 0 Å². The van der Waals surface area contributed by atoms with E-state index in [1.807, 2.05) is 0 Å². The smallest absolute Gasteiger partial charge is 0.192 e. The van der Waals surface area contributed by atoms with Crippen molar-refractivity contribution < 1.29 is 13.2 Å². The molecule has 0 rings (SSSR count). The van der Waals surface area contributed by atoms with Crippen LogP contribution in [0.5, 0.6) is 0 Å². The minimum Gasteiger partial charge on any atom is -0.192 e. The monoisotopic (exact) mass is 149 g/mol. The Hall–Kier alpha value is -0.980. The molecule has 0 aliphatic rings. The van der Waals surface area contributed by atoms with Crippen LogP contribution < -0.4 is 0 Å². The first kappa shape index (κ1) is 9.02. The normalized spacial score (nSPS) is 12.9. The van der Waals surface area contributed by atoms with Crippen LogP contribution in [0.15, 0.2) is 11.6 Å². The minimum absolute atomic E-state index is 0.225. The number of halogens is 3. The first-order chi connectivity index (χ1) is 4.52. The quantitative estimate of drug-likeness (QED) is 0.525. The molecule has 4 heteroatoms. The van der Waals surface area contributed by atoms with Gasteiger partial charge in [0.1, 0.15) is 11.6 Å². The summed E-state index contributed by atoms with van der Waals surface area (Å²) in [6, 6.07) is 1.08. The number of allylic oxidation sites excluding steroid dienone is 2. The molecule has 0 aliphatic carbocycles. The Kier molecular flexibility index (Phi) is 2.94. The van der Waals surface area contributed by atoms with Crippen molar-refractivity contribution in [3.05, 3.63) is 11.6 Å². The maximum absolute atomic E-state index is 11.6. The van der Waals surface area contributed by atoms with Gasteiger partial charge in [0.05, 0.1) is 0 Å². The topological polar surface area (TPSA) is 23.8 Å². The van der Waals surface area contributed by atoms with Crippen LogP contribution in [0, 0.1) is 11.3 Å². The lowest BCUT2D eigenvalue weighted by Gasteiger charge is -2.01. The molecule has 1 nitrogen and oxygen atoms in total. The summed E-state index contributed by atoms with van der Waals surface area (Å²) in [6.07, 6.45) is -3.40. The van der Waals surface area contributed by atoms with Gasteiger partial charge in [-0.25, -0.2) is 0 Å². The molecule has 0 atom stereocenters. The first-order valence-corrected chi connectivity index (χ1v) is 2.69. The molecule has 0 heterocycles. The maximum Gasteiger partial charge on any atom is 0.425 e. The van der Waals surface area contributed by atoms with Gasteiger partial charge in [-0.05, 0) is 6.42 Å². The van der Waals surface area contributed by atoms with Crippen molar-refractivity contribution in [1.29, 1.82) is 5.26 Å². The van der Waals surface area contributed by atoms with E-state index in [4.69, 9.17) is 5.26 Å². The molecule has 0 aromatic heterocycles. The Labute approximate surface area is 56.8 Å². The van der Waals surface area contributed by atoms with Gasteiger partial charge in [0.15, 0.2) is 0 Å². The Morgan fingerprint density at radius 2 is 2.10 bits per heavy atom. The van der Waals surface area contributed by atoms with Crippen molar-refractivity contribution in [2.24, 2.45) is 0 Å². The molecule has 56 valence electrons. The number of alkyl halides is 3. The van der Waals surface area contributed by atoms with Crippen molar-refractivity contribution in [2.45, 2.75) is 19.5 Å². The zero-order chi connectivity index (χ0) is 8.20. The van der Waals surface area contributed by atoms with Gasteiger partial charge in [-0.1, -0.05) is 13.0 Å². The van der Waals surface area contributed by atoms with Gasteiger partial charge in [-0.2, -0.15) is 18.4 Å². The lowest BCUT2D eigenvalue weighted by Crippen LogP contribution is -2.09. The van der Waals surface area contributed by atoms with Crippen LogP contribution in [-0.2, 0) is 0 Å². The summed E-state index contributed by atoms with van der Waals surface area (Å²) in [6.45, 7) is 1.54. The molecule has 0 saturated heterocycles. The molecule has 0 radical (unpaired) electrons. The third kappa shape index (κ3) is 2.53. The molecule has 0 saturated carbocycles. The van der Waals surface area contributed by atoms with E-state index in [-0.39, 0.29) is 6.42 Å². The molecule has 0 aromatic carbocycles. The molecular formula is C6H6F3N. The van der Waals surface area contributed by atoms with E-state index in [0.29, 0.717) is 0 Å². The summed E-state index contributed by atoms with van der Waals surface area (Å²) in [7, 11) is 0. The molecule has 0 bridgehead atoms. The fourth-order valence-corrected chi connectivity index (χ4v) is 0.429. The average Bonchev–Trinajstić information content (AvgIpc) is 1.80. The predicted octanol–water partition coefficient (Wildman–Crippen LogP) is 2.41. The molecule has 0 aromatic rings. The highest BCUT2D eigenvalue weighted by Gasteiger charge is 2.33. The summed E-state index contributed by atoms with van der Waals surface area (Å²) < 4.78 is 34.8. The molecular weight excluding hydrogens is 143 g/mol. The number of nitriles is 1. The summed E-state index contributed by atoms with van der Waals surface area (Å²) in [5, 5.41) is 7.95. The average molecular weight is 149 g/mol. The number of rotatable bonds is 1. The van der Waals surface area contributed by atoms with E-state index in [1.165, 1.54) is 0 Å². The third-order valence-electron chi connectivity index (χ3n) is 0.834. The zero-order valence-corrected chi connectivity index (χ0v) is 5.37. The fraction of sp³-hybridized carbons (Fsp3) is 0.500. The predicted molar refractivity (Wildman–Crippen MR) is 30.0 cm³/mol. The van der Waals surface area contributed by atoms with Gasteiger partial charge in [0.2, 0.25) is 0 Å². The van der Waals surface area contributed by atoms with Crippen molar-refractivity contribution in [2.75, 3.05) is 0 Å². The van der Waals surface area contributed by atoms with Crippen LogP contribution in [0.3, 0.4) is 0 Å². The molecule has 0 fully saturated rings. The van der Waals surface area contributed by atoms with Crippen LogP contribution >= 0.6 is 0 Å². The molecule has 0 N–H and O–H groups in total. The van der Waals surface area contributed by atoms with Gasteiger partial charge in [0.25, 0.3) is 0 Å². The van der Waals surface area contributed by atoms with Gasteiger partial charge in [-0.15, -0.1) is 0 Å². The van der Waals surface area contributed by atoms with E-state index in [9.17, 15) is 13.2 Å². The number of nitrogens with zero attached hydrogens (tertiary/aromatic N) is 1. The highest BCUT2D eigenvalue weighted by atomic mass is 19.4. The molecule has 10 heavy (non-hydrogen) atoms. The van der Waals surface area contributed by atoms with Gasteiger partial charge in [0, 0.05) is 0 Å². The lowest BCUT2D eigenvalue weighted by molar-refractivity contribution is -0.0875. The second-order valence-corrected chi connectivity index (χ2v) is 1.64. The number of hydrogen-bond acceptors (Lipinski definition) is 1. The van der Waals surface area contributed by atoms with Crippen LogP contribution in [0.1, 0.15) is 13.3 Å². The van der Waals surface area contributed by atoms with Crippen LogP contribution in [0.4, 0.5) is 13.2 Å². The van der Waals surface area contributed by atoms with E-state index < -0.39 is 11.7 Å². The van der Waals surface area contributed by atoms with Crippen molar-refractivity contribution >= 4 is 0 Å². The SMILES string of the molecule is CC/C=C(\C#N)C(F)(F)F. The van der Waals surface area contributed by atoms with Crippen molar-refractivity contribution in [3.8, 4) is 6.07 Å². The van der Waals surface area contributed by atoms with Crippen LogP contribution in [0.25, 0.3) is 0 Å². The Morgan fingerprint density at radius 1 is 1.60 bits per heavy atom. The Morgan fingerprint density at radius 3 is 2.20 bits per heavy atom. The fourth-order valence-electron chi connectivity index (χ4n) is 0.429. The molecule has 0 spiro atoms. The standard InChI is InChI=1S/C6H6F3N/c1-2-3-5(4-10)6(7,8)9/h3H,2H2,1H3/b5-3+. The van der Waals surface area contributed by atoms with E-state index in [0.717, 1.165) is 12.1 Å². The molecule has 0 unspecified atom stereocenters. The Balaban J connectivity index is 4.41. The van der Waals surface area contributed by atoms with E-state index in [2.05, 4.69) is 0 Å². The summed E-state index contributed by atoms with van der Waals surface area (Å²) in [4.78, 5) is 0. The summed E-state index contributed by atoms with van der Waals surface area (Å²) in [5.41, 5.74) is -1.12. The molecule has 0 aliphatic heterocycles. The Bertz CT molecular complexity index is 172. The summed E-state index contributed by atoms with van der Waals surface area (Å²) in [5.74, 6) is 0. The van der Waals surface area contributed by atoms with Crippen LogP contribution in [-0.4, -0.2) is 6.18 Å². The highest BCUT2D eigenvalue weighted by molar-refractivity contribution is 5.25. The highest BCUT2D eigenvalue weighted by Crippen LogP contribution is 2.24. The lowest BCUT2D eigenvalue weighted by atomic mass is 10.2. The largest absolute Gasteiger partial charge is 0.425 e. The second-order valence-electron chi connectivity index (χ2n) is 1.64. The van der Waals surface area contributed by atoms with E-state index in [1.54, 1.807) is 6.92 Å². The second kappa shape index (κ2) is 3.25. The van der Waals surface area contributed by atoms with Crippen molar-refractivity contribution in [3.63, 3.8) is 0 Å². The van der Waals surface area contributed by atoms with E-state index >= 15 is 0 Å². The number of hydrogen-bond donors (Lipinski definition) is 0. The third-order valence-corrected chi connectivity index (χ3v) is 0.834. The minimum atomic E-state index is -4.48. The zero-order valence-electron chi connectivity index (χ0n) is 5.37.